The second kappa shape index (κ2) is 5.14. The van der Waals surface area contributed by atoms with Crippen molar-refractivity contribution in [2.45, 2.75) is 46.5 Å². The van der Waals surface area contributed by atoms with Crippen LogP contribution in [0.2, 0.25) is 0 Å². The molecule has 0 N–H and O–H groups in total. The van der Waals surface area contributed by atoms with Gasteiger partial charge in [0.15, 0.2) is 5.78 Å². The maximum atomic E-state index is 11.7. The summed E-state index contributed by atoms with van der Waals surface area (Å²) < 4.78 is 0. The summed E-state index contributed by atoms with van der Waals surface area (Å²) in [6.07, 6.45) is 8.30. The average molecular weight is 192 g/mol. The number of carbonyl (C=O) groups excluding carboxylic acids is 1. The molecule has 0 aliphatic heterocycles. The van der Waals surface area contributed by atoms with Gasteiger partial charge in [0.25, 0.3) is 0 Å². The van der Waals surface area contributed by atoms with Gasteiger partial charge in [-0.25, -0.2) is 0 Å². The van der Waals surface area contributed by atoms with E-state index in [1.54, 1.807) is 0 Å². The van der Waals surface area contributed by atoms with E-state index in [1.807, 2.05) is 13.0 Å². The minimum absolute atomic E-state index is 0.186. The van der Waals surface area contributed by atoms with Crippen molar-refractivity contribution in [3.63, 3.8) is 0 Å². The molecule has 0 saturated heterocycles. The fraction of sp³-hybridized carbons (Fsp3) is 0.615. The van der Waals surface area contributed by atoms with Gasteiger partial charge in [-0.05, 0) is 45.6 Å². The van der Waals surface area contributed by atoms with Gasteiger partial charge in [-0.1, -0.05) is 24.1 Å². The van der Waals surface area contributed by atoms with Gasteiger partial charge < -0.3 is 0 Å². The Labute approximate surface area is 86.9 Å². The second-order valence-electron chi connectivity index (χ2n) is 4.42. The van der Waals surface area contributed by atoms with Gasteiger partial charge in [-0.3, -0.25) is 4.79 Å². The van der Waals surface area contributed by atoms with Crippen LogP contribution in [0.5, 0.6) is 0 Å². The summed E-state index contributed by atoms with van der Waals surface area (Å²) >= 11 is 0. The van der Waals surface area contributed by atoms with E-state index in [2.05, 4.69) is 19.9 Å². The molecule has 1 aliphatic carbocycles. The van der Waals surface area contributed by atoms with Gasteiger partial charge in [0.05, 0.1) is 0 Å². The fourth-order valence-corrected chi connectivity index (χ4v) is 1.69. The molecule has 0 bridgehead atoms. The van der Waals surface area contributed by atoms with Crippen molar-refractivity contribution in [3.05, 3.63) is 23.3 Å². The Bertz CT molecular complexity index is 271. The molecule has 0 unspecified atom stereocenters. The molecular weight excluding hydrogens is 172 g/mol. The van der Waals surface area contributed by atoms with E-state index in [1.165, 1.54) is 11.1 Å². The highest BCUT2D eigenvalue weighted by molar-refractivity contribution is 5.92. The summed E-state index contributed by atoms with van der Waals surface area (Å²) in [5, 5.41) is 0. The molecule has 78 valence electrons. The molecule has 0 saturated carbocycles. The van der Waals surface area contributed by atoms with Crippen LogP contribution in [0.1, 0.15) is 46.5 Å². The normalized spacial score (nSPS) is 32.8. The third-order valence-electron chi connectivity index (χ3n) is 2.88. The smallest absolute Gasteiger partial charge is 0.158 e. The van der Waals surface area contributed by atoms with Crippen LogP contribution in [0, 0.1) is 5.92 Å². The molecule has 0 aromatic heterocycles. The van der Waals surface area contributed by atoms with Gasteiger partial charge in [-0.15, -0.1) is 0 Å². The zero-order valence-electron chi connectivity index (χ0n) is 9.47. The number of carbonyl (C=O) groups is 1. The van der Waals surface area contributed by atoms with E-state index >= 15 is 0 Å². The third-order valence-corrected chi connectivity index (χ3v) is 2.88. The number of rotatable bonds is 0. The van der Waals surface area contributed by atoms with Crippen LogP contribution in [0.4, 0.5) is 0 Å². The molecule has 0 amide bonds. The Morgan fingerprint density at radius 3 is 2.64 bits per heavy atom. The van der Waals surface area contributed by atoms with Crippen molar-refractivity contribution in [2.75, 3.05) is 0 Å². The van der Waals surface area contributed by atoms with Crippen LogP contribution >= 0.6 is 0 Å². The van der Waals surface area contributed by atoms with Crippen LogP contribution in [0.3, 0.4) is 0 Å². The molecule has 1 nitrogen and oxygen atoms in total. The predicted octanol–water partition coefficient (Wildman–Crippen LogP) is 3.66. The first-order valence-corrected chi connectivity index (χ1v) is 5.46. The van der Waals surface area contributed by atoms with E-state index in [0.29, 0.717) is 5.78 Å². The van der Waals surface area contributed by atoms with Crippen LogP contribution in [-0.4, -0.2) is 5.78 Å². The first kappa shape index (κ1) is 11.2. The van der Waals surface area contributed by atoms with Gasteiger partial charge in [0.2, 0.25) is 0 Å². The molecule has 1 aliphatic rings. The maximum absolute atomic E-state index is 11.7. The van der Waals surface area contributed by atoms with Crippen molar-refractivity contribution in [1.82, 2.24) is 0 Å². The topological polar surface area (TPSA) is 17.1 Å². The second-order valence-corrected chi connectivity index (χ2v) is 4.42. The Morgan fingerprint density at radius 1 is 1.21 bits per heavy atom. The lowest BCUT2D eigenvalue weighted by Gasteiger charge is -2.11. The van der Waals surface area contributed by atoms with Gasteiger partial charge in [-0.2, -0.15) is 0 Å². The first-order valence-electron chi connectivity index (χ1n) is 5.46. The summed E-state index contributed by atoms with van der Waals surface area (Å²) in [6, 6.07) is 0. The molecule has 0 radical (unpaired) electrons. The van der Waals surface area contributed by atoms with E-state index in [4.69, 9.17) is 0 Å². The number of hydrogen-bond donors (Lipinski definition) is 0. The van der Waals surface area contributed by atoms with Crippen molar-refractivity contribution >= 4 is 5.78 Å². The molecule has 1 rings (SSSR count). The molecule has 0 heterocycles. The summed E-state index contributed by atoms with van der Waals surface area (Å²) in [5.41, 5.74) is 2.65. The molecule has 14 heavy (non-hydrogen) atoms. The van der Waals surface area contributed by atoms with E-state index in [9.17, 15) is 4.79 Å². The number of hydrogen-bond acceptors (Lipinski definition) is 1. The van der Waals surface area contributed by atoms with Crippen molar-refractivity contribution in [1.29, 1.82) is 0 Å². The molecule has 0 aromatic rings. The van der Waals surface area contributed by atoms with Crippen LogP contribution in [0.25, 0.3) is 0 Å². The largest absolute Gasteiger partial charge is 0.295 e. The molecule has 1 heteroatoms. The summed E-state index contributed by atoms with van der Waals surface area (Å²) in [7, 11) is 0. The van der Waals surface area contributed by atoms with Crippen molar-refractivity contribution < 1.29 is 4.79 Å². The predicted molar refractivity (Wildman–Crippen MR) is 60.2 cm³/mol. The summed E-state index contributed by atoms with van der Waals surface area (Å²) in [5.74, 6) is 0.489. The maximum Gasteiger partial charge on any atom is 0.158 e. The van der Waals surface area contributed by atoms with E-state index in [-0.39, 0.29) is 5.92 Å². The highest BCUT2D eigenvalue weighted by atomic mass is 16.1. The summed E-state index contributed by atoms with van der Waals surface area (Å²) in [6.45, 7) is 6.24. The van der Waals surface area contributed by atoms with Crippen LogP contribution in [0.15, 0.2) is 23.3 Å². The van der Waals surface area contributed by atoms with Gasteiger partial charge in [0.1, 0.15) is 0 Å². The Balaban J connectivity index is 2.74. The monoisotopic (exact) mass is 192 g/mol. The lowest BCUT2D eigenvalue weighted by molar-refractivity contribution is -0.117. The van der Waals surface area contributed by atoms with Crippen LogP contribution < -0.4 is 0 Å². The van der Waals surface area contributed by atoms with Crippen molar-refractivity contribution in [3.8, 4) is 0 Å². The highest BCUT2D eigenvalue weighted by Crippen LogP contribution is 2.18. The van der Waals surface area contributed by atoms with Gasteiger partial charge in [0, 0.05) is 5.92 Å². The van der Waals surface area contributed by atoms with Gasteiger partial charge >= 0.3 is 0 Å². The zero-order chi connectivity index (χ0) is 10.6. The molecule has 0 aromatic carbocycles. The third kappa shape index (κ3) is 3.49. The standard InChI is InChI=1S/C13H20O/c1-10-5-4-6-11(2)9-13(14)12(3)8-7-10/h5,9,12H,4,6-8H2,1-3H3/b10-5+,11-9-/t12-/m1/s1. The average Bonchev–Trinajstić information content (AvgIpc) is 2.12. The minimum Gasteiger partial charge on any atom is -0.295 e. The fourth-order valence-electron chi connectivity index (χ4n) is 1.69. The Kier molecular flexibility index (Phi) is 4.12. The SMILES string of the molecule is C/C1=C/C(=O)[C@H](C)CC/C(C)=C/CC1. The quantitative estimate of drug-likeness (QED) is 0.535. The lowest BCUT2D eigenvalue weighted by Crippen LogP contribution is -2.09. The number of allylic oxidation sites excluding steroid dienone is 4. The van der Waals surface area contributed by atoms with Crippen LogP contribution in [-0.2, 0) is 4.79 Å². The zero-order valence-corrected chi connectivity index (χ0v) is 9.47. The van der Waals surface area contributed by atoms with Crippen molar-refractivity contribution in [2.24, 2.45) is 5.92 Å². The molecule has 0 spiro atoms. The molecule has 1 atom stereocenters. The molecule has 0 fully saturated rings. The number of ketones is 1. The minimum atomic E-state index is 0.186. The Hall–Kier alpha value is -0.850. The van der Waals surface area contributed by atoms with E-state index in [0.717, 1.165) is 25.7 Å². The highest BCUT2D eigenvalue weighted by Gasteiger charge is 2.11. The molecular formula is C13H20O. The Morgan fingerprint density at radius 2 is 1.93 bits per heavy atom. The summed E-state index contributed by atoms with van der Waals surface area (Å²) in [4.78, 5) is 11.7. The van der Waals surface area contributed by atoms with E-state index < -0.39 is 0 Å². The first-order chi connectivity index (χ1) is 6.59. The lowest BCUT2D eigenvalue weighted by atomic mass is 9.94.